The molecule has 1 fully saturated rings. The molecule has 128 valence electrons. The Hall–Kier alpha value is -1.50. The monoisotopic (exact) mass is 343 g/mol. The van der Waals surface area contributed by atoms with Crippen LogP contribution < -0.4 is 10.2 Å². The number of piperazine rings is 1. The van der Waals surface area contributed by atoms with Crippen LogP contribution in [0.3, 0.4) is 0 Å². The summed E-state index contributed by atoms with van der Waals surface area (Å²) in [6, 6.07) is 4.76. The Labute approximate surface area is 147 Å². The van der Waals surface area contributed by atoms with Gasteiger partial charge in [-0.25, -0.2) is 9.97 Å². The maximum atomic E-state index is 4.58. The molecule has 1 saturated heterocycles. The van der Waals surface area contributed by atoms with Gasteiger partial charge in [0, 0.05) is 43.8 Å². The number of nitrogens with one attached hydrogen (secondary N) is 1. The van der Waals surface area contributed by atoms with Gasteiger partial charge in [-0.3, -0.25) is 0 Å². The summed E-state index contributed by atoms with van der Waals surface area (Å²) < 4.78 is 0. The molecular formula is C18H25N5S. The van der Waals surface area contributed by atoms with Crippen LogP contribution in [0.5, 0.6) is 0 Å². The van der Waals surface area contributed by atoms with Crippen molar-refractivity contribution in [3.63, 3.8) is 0 Å². The van der Waals surface area contributed by atoms with Crippen molar-refractivity contribution in [2.24, 2.45) is 0 Å². The second-order valence-electron chi connectivity index (χ2n) is 6.80. The van der Waals surface area contributed by atoms with E-state index in [1.54, 1.807) is 11.3 Å². The molecule has 1 aliphatic carbocycles. The van der Waals surface area contributed by atoms with Crippen LogP contribution in [0.1, 0.15) is 35.0 Å². The van der Waals surface area contributed by atoms with Gasteiger partial charge in [0.2, 0.25) is 0 Å². The fourth-order valence-electron chi connectivity index (χ4n) is 3.57. The van der Waals surface area contributed by atoms with Crippen LogP contribution in [0.2, 0.25) is 0 Å². The first kappa shape index (κ1) is 16.0. The predicted octanol–water partition coefficient (Wildman–Crippen LogP) is 2.46. The minimum absolute atomic E-state index is 0.403. The van der Waals surface area contributed by atoms with Crippen LogP contribution in [-0.4, -0.2) is 48.1 Å². The largest absolute Gasteiger partial charge is 0.354 e. The number of thiazole rings is 1. The standard InChI is InChI=1S/C18H25N5S/c1-22-7-9-23(10-8-22)17-11-14(5-6-19-17)12-20-15-3-2-4-16-18(15)21-13-24-16/h5-6,11,13,15,20H,2-4,7-10,12H2,1H3. The normalized spacial score (nSPS) is 21.7. The summed E-state index contributed by atoms with van der Waals surface area (Å²) in [6.07, 6.45) is 5.59. The van der Waals surface area contributed by atoms with Crippen LogP contribution in [0, 0.1) is 0 Å². The summed E-state index contributed by atoms with van der Waals surface area (Å²) in [5, 5.41) is 3.71. The van der Waals surface area contributed by atoms with Crippen LogP contribution in [0.15, 0.2) is 23.8 Å². The van der Waals surface area contributed by atoms with E-state index in [1.807, 2.05) is 11.7 Å². The Kier molecular flexibility index (Phi) is 4.78. The van der Waals surface area contributed by atoms with E-state index in [4.69, 9.17) is 0 Å². The number of pyridine rings is 1. The minimum atomic E-state index is 0.403. The molecule has 1 atom stereocenters. The lowest BCUT2D eigenvalue weighted by molar-refractivity contribution is 0.312. The first-order valence-electron chi connectivity index (χ1n) is 8.83. The lowest BCUT2D eigenvalue weighted by Crippen LogP contribution is -2.44. The number of nitrogens with zero attached hydrogens (tertiary/aromatic N) is 4. The second-order valence-corrected chi connectivity index (χ2v) is 7.74. The van der Waals surface area contributed by atoms with Gasteiger partial charge in [0.15, 0.2) is 0 Å². The van der Waals surface area contributed by atoms with Crippen molar-refractivity contribution in [2.75, 3.05) is 38.1 Å². The molecule has 4 rings (SSSR count). The number of aromatic nitrogens is 2. The van der Waals surface area contributed by atoms with Crippen molar-refractivity contribution in [2.45, 2.75) is 31.8 Å². The SMILES string of the molecule is CN1CCN(c2cc(CNC3CCCc4scnc43)ccn2)CC1. The van der Waals surface area contributed by atoms with Crippen molar-refractivity contribution < 1.29 is 0 Å². The number of anilines is 1. The predicted molar refractivity (Wildman–Crippen MR) is 98.6 cm³/mol. The molecule has 24 heavy (non-hydrogen) atoms. The maximum absolute atomic E-state index is 4.58. The van der Waals surface area contributed by atoms with E-state index in [2.05, 4.69) is 44.3 Å². The molecule has 5 nitrogen and oxygen atoms in total. The smallest absolute Gasteiger partial charge is 0.128 e. The number of fused-ring (bicyclic) bond motifs is 1. The summed E-state index contributed by atoms with van der Waals surface area (Å²) in [4.78, 5) is 15.4. The first-order valence-corrected chi connectivity index (χ1v) is 9.71. The summed E-state index contributed by atoms with van der Waals surface area (Å²) in [5.74, 6) is 1.11. The minimum Gasteiger partial charge on any atom is -0.354 e. The molecule has 0 bridgehead atoms. The maximum Gasteiger partial charge on any atom is 0.128 e. The van der Waals surface area contributed by atoms with Gasteiger partial charge in [0.1, 0.15) is 5.82 Å². The van der Waals surface area contributed by atoms with Gasteiger partial charge < -0.3 is 15.1 Å². The van der Waals surface area contributed by atoms with Gasteiger partial charge in [-0.2, -0.15) is 0 Å². The average Bonchev–Trinajstić information content (AvgIpc) is 3.10. The van der Waals surface area contributed by atoms with Gasteiger partial charge in [-0.05, 0) is 44.0 Å². The molecule has 0 aromatic carbocycles. The molecule has 0 radical (unpaired) electrons. The van der Waals surface area contributed by atoms with Crippen LogP contribution >= 0.6 is 11.3 Å². The van der Waals surface area contributed by atoms with Gasteiger partial charge in [-0.15, -0.1) is 11.3 Å². The zero-order chi connectivity index (χ0) is 16.4. The van der Waals surface area contributed by atoms with Crippen LogP contribution in [-0.2, 0) is 13.0 Å². The number of hydrogen-bond donors (Lipinski definition) is 1. The van der Waals surface area contributed by atoms with Crippen molar-refractivity contribution in [1.29, 1.82) is 0 Å². The van der Waals surface area contributed by atoms with Gasteiger partial charge in [-0.1, -0.05) is 0 Å². The molecule has 0 saturated carbocycles. The number of aryl methyl sites for hydroxylation is 1. The Morgan fingerprint density at radius 1 is 1.25 bits per heavy atom. The molecule has 3 heterocycles. The highest BCUT2D eigenvalue weighted by atomic mass is 32.1. The molecule has 1 N–H and O–H groups in total. The fourth-order valence-corrected chi connectivity index (χ4v) is 4.44. The van der Waals surface area contributed by atoms with E-state index in [9.17, 15) is 0 Å². The summed E-state index contributed by atoms with van der Waals surface area (Å²) >= 11 is 1.80. The molecule has 2 aromatic rings. The van der Waals surface area contributed by atoms with Crippen molar-refractivity contribution in [1.82, 2.24) is 20.2 Å². The van der Waals surface area contributed by atoms with E-state index in [1.165, 1.54) is 35.4 Å². The third-order valence-corrected chi connectivity index (χ3v) is 6.00. The second kappa shape index (κ2) is 7.17. The zero-order valence-electron chi connectivity index (χ0n) is 14.2. The van der Waals surface area contributed by atoms with Gasteiger partial charge >= 0.3 is 0 Å². The fraction of sp³-hybridized carbons (Fsp3) is 0.556. The Morgan fingerprint density at radius 2 is 2.12 bits per heavy atom. The molecule has 0 spiro atoms. The molecule has 2 aromatic heterocycles. The summed E-state index contributed by atoms with van der Waals surface area (Å²) in [7, 11) is 2.18. The molecule has 1 unspecified atom stereocenters. The van der Waals surface area contributed by atoms with E-state index in [0.717, 1.165) is 38.5 Å². The van der Waals surface area contributed by atoms with Crippen LogP contribution in [0.25, 0.3) is 0 Å². The molecule has 2 aliphatic rings. The number of hydrogen-bond acceptors (Lipinski definition) is 6. The highest BCUT2D eigenvalue weighted by Crippen LogP contribution is 2.31. The van der Waals surface area contributed by atoms with E-state index in [0.29, 0.717) is 6.04 Å². The van der Waals surface area contributed by atoms with E-state index >= 15 is 0 Å². The van der Waals surface area contributed by atoms with Gasteiger partial charge in [0.05, 0.1) is 17.2 Å². The van der Waals surface area contributed by atoms with Crippen molar-refractivity contribution >= 4 is 17.2 Å². The van der Waals surface area contributed by atoms with Crippen LogP contribution in [0.4, 0.5) is 5.82 Å². The molecule has 1 aliphatic heterocycles. The van der Waals surface area contributed by atoms with E-state index in [-0.39, 0.29) is 0 Å². The quantitative estimate of drug-likeness (QED) is 0.924. The Balaban J connectivity index is 1.40. The summed E-state index contributed by atoms with van der Waals surface area (Å²) in [5.41, 5.74) is 4.57. The van der Waals surface area contributed by atoms with E-state index < -0.39 is 0 Å². The Bertz CT molecular complexity index is 678. The number of likely N-dealkylation sites (N-methyl/N-ethyl adjacent to an activating group) is 1. The van der Waals surface area contributed by atoms with Gasteiger partial charge in [0.25, 0.3) is 0 Å². The highest BCUT2D eigenvalue weighted by molar-refractivity contribution is 7.09. The third-order valence-electron chi connectivity index (χ3n) is 5.09. The molecule has 0 amide bonds. The third kappa shape index (κ3) is 3.45. The number of rotatable bonds is 4. The summed E-state index contributed by atoms with van der Waals surface area (Å²) in [6.45, 7) is 5.22. The lowest BCUT2D eigenvalue weighted by atomic mass is 9.97. The topological polar surface area (TPSA) is 44.3 Å². The molecule has 6 heteroatoms. The first-order chi connectivity index (χ1) is 11.8. The van der Waals surface area contributed by atoms with Crippen molar-refractivity contribution in [3.8, 4) is 0 Å². The highest BCUT2D eigenvalue weighted by Gasteiger charge is 2.22. The zero-order valence-corrected chi connectivity index (χ0v) is 15.1. The Morgan fingerprint density at radius 3 is 3.00 bits per heavy atom. The lowest BCUT2D eigenvalue weighted by Gasteiger charge is -2.33. The molecular weight excluding hydrogens is 318 g/mol. The van der Waals surface area contributed by atoms with Crippen molar-refractivity contribution in [3.05, 3.63) is 40.0 Å². The average molecular weight is 344 g/mol.